The minimum Gasteiger partial charge on any atom is -0.466 e. The molecule has 0 heterocycles. The maximum Gasteiger partial charge on any atom is 0.305 e. The van der Waals surface area contributed by atoms with Crippen molar-refractivity contribution in [3.8, 4) is 0 Å². The van der Waals surface area contributed by atoms with Crippen LogP contribution in [-0.4, -0.2) is 72.7 Å². The quantitative estimate of drug-likeness (QED) is 0.127. The van der Waals surface area contributed by atoms with Crippen LogP contribution in [0.2, 0.25) is 0 Å². The third-order valence-electron chi connectivity index (χ3n) is 8.27. The second kappa shape index (κ2) is 19.2. The van der Waals surface area contributed by atoms with Crippen molar-refractivity contribution in [1.82, 2.24) is 4.90 Å². The van der Waals surface area contributed by atoms with Gasteiger partial charge in [-0.05, 0) is 57.8 Å². The summed E-state index contributed by atoms with van der Waals surface area (Å²) < 4.78 is 24.9. The zero-order valence-corrected chi connectivity index (χ0v) is 26.9. The summed E-state index contributed by atoms with van der Waals surface area (Å²) in [5.41, 5.74) is 1.35. The predicted molar refractivity (Wildman–Crippen MR) is 171 cm³/mol. The van der Waals surface area contributed by atoms with Gasteiger partial charge in [0.2, 0.25) is 0 Å². The van der Waals surface area contributed by atoms with Crippen LogP contribution in [-0.2, 0) is 37.0 Å². The monoisotopic (exact) mass is 597 g/mol. The number of hydrogen-bond acceptors (Lipinski definition) is 7. The molecule has 0 radical (unpaired) electrons. The highest BCUT2D eigenvalue weighted by atomic mass is 16.6. The van der Waals surface area contributed by atoms with E-state index in [1.54, 1.807) is 0 Å². The molecule has 3 rings (SSSR count). The fourth-order valence-corrected chi connectivity index (χ4v) is 5.85. The van der Waals surface area contributed by atoms with Gasteiger partial charge < -0.3 is 24.1 Å². The molecule has 1 aliphatic carbocycles. The summed E-state index contributed by atoms with van der Waals surface area (Å²) in [6.45, 7) is 8.42. The first-order valence-electron chi connectivity index (χ1n) is 16.3. The highest BCUT2D eigenvalue weighted by molar-refractivity contribution is 5.69. The molecule has 1 unspecified atom stereocenters. The van der Waals surface area contributed by atoms with E-state index in [4.69, 9.17) is 18.9 Å². The summed E-state index contributed by atoms with van der Waals surface area (Å²) in [7, 11) is 2.13. The van der Waals surface area contributed by atoms with Crippen molar-refractivity contribution < 1.29 is 28.8 Å². The van der Waals surface area contributed by atoms with Gasteiger partial charge in [-0.1, -0.05) is 93.3 Å². The van der Waals surface area contributed by atoms with Crippen molar-refractivity contribution in [2.75, 3.05) is 26.8 Å². The standard InChI is InChI=1S/C36H55NO6/c1-5-7-16-23-36(3,39)28-43-35-32(42-27-30-20-13-9-14-21-30)25-31(41-26-29-18-11-8-12-19-29)34(35)37(4)24-17-10-15-22-33(38)40-6-2/h8-9,11-14,18-21,31-32,34-35,39H,5-7,10,15-17,22-28H2,1-4H3/t31-,32+,34+,35+,36?/m0/s1. The zero-order valence-electron chi connectivity index (χ0n) is 26.9. The molecule has 43 heavy (non-hydrogen) atoms. The van der Waals surface area contributed by atoms with Crippen LogP contribution in [0, 0.1) is 0 Å². The number of nitrogens with zero attached hydrogens (tertiary/aromatic N) is 1. The van der Waals surface area contributed by atoms with E-state index >= 15 is 0 Å². The molecule has 5 atom stereocenters. The van der Waals surface area contributed by atoms with Gasteiger partial charge in [-0.3, -0.25) is 9.69 Å². The maximum absolute atomic E-state index is 11.8. The Kier molecular flexibility index (Phi) is 15.7. The van der Waals surface area contributed by atoms with Gasteiger partial charge in [0.25, 0.3) is 0 Å². The molecule has 0 aliphatic heterocycles. The summed E-state index contributed by atoms with van der Waals surface area (Å²) >= 11 is 0. The summed E-state index contributed by atoms with van der Waals surface area (Å²) in [5.74, 6) is -0.126. The van der Waals surface area contributed by atoms with Crippen LogP contribution in [0.15, 0.2) is 60.7 Å². The molecule has 0 aromatic heterocycles. The second-order valence-electron chi connectivity index (χ2n) is 12.2. The summed E-state index contributed by atoms with van der Waals surface area (Å²) in [6.07, 6.45) is 7.23. The molecular weight excluding hydrogens is 542 g/mol. The highest BCUT2D eigenvalue weighted by Gasteiger charge is 2.48. The molecule has 2 aromatic rings. The van der Waals surface area contributed by atoms with Gasteiger partial charge in [-0.15, -0.1) is 0 Å². The first-order valence-corrected chi connectivity index (χ1v) is 16.3. The Morgan fingerprint density at radius 1 is 0.860 bits per heavy atom. The van der Waals surface area contributed by atoms with Gasteiger partial charge in [0.15, 0.2) is 0 Å². The number of carbonyl (C=O) groups is 1. The largest absolute Gasteiger partial charge is 0.466 e. The first kappa shape index (κ1) is 35.2. The first-order chi connectivity index (χ1) is 20.8. The molecule has 0 saturated heterocycles. The predicted octanol–water partition coefficient (Wildman–Crippen LogP) is 6.70. The molecule has 2 aromatic carbocycles. The van der Waals surface area contributed by atoms with Crippen molar-refractivity contribution in [3.63, 3.8) is 0 Å². The van der Waals surface area contributed by atoms with Crippen molar-refractivity contribution >= 4 is 5.97 Å². The van der Waals surface area contributed by atoms with Gasteiger partial charge in [-0.2, -0.15) is 0 Å². The van der Waals surface area contributed by atoms with Crippen LogP contribution in [0.4, 0.5) is 0 Å². The molecule has 1 saturated carbocycles. The van der Waals surface area contributed by atoms with E-state index in [2.05, 4.69) is 43.1 Å². The Hall–Kier alpha value is -2.29. The fraction of sp³-hybridized carbons (Fsp3) is 0.639. The number of hydrogen-bond donors (Lipinski definition) is 1. The van der Waals surface area contributed by atoms with Crippen molar-refractivity contribution in [2.24, 2.45) is 0 Å². The van der Waals surface area contributed by atoms with Crippen LogP contribution in [0.1, 0.15) is 89.7 Å². The number of ether oxygens (including phenoxy) is 4. The maximum atomic E-state index is 11.8. The summed E-state index contributed by atoms with van der Waals surface area (Å²) in [6, 6.07) is 20.4. The number of rotatable bonds is 21. The molecule has 1 aliphatic rings. The lowest BCUT2D eigenvalue weighted by Crippen LogP contribution is -2.50. The van der Waals surface area contributed by atoms with E-state index in [1.807, 2.05) is 50.2 Å². The average molecular weight is 598 g/mol. The van der Waals surface area contributed by atoms with Crippen molar-refractivity contribution in [3.05, 3.63) is 71.8 Å². The molecule has 0 amide bonds. The minimum absolute atomic E-state index is 0.0408. The Bertz CT molecular complexity index is 1020. The lowest BCUT2D eigenvalue weighted by molar-refractivity contribution is -0.143. The Labute approximate surface area is 259 Å². The van der Waals surface area contributed by atoms with Crippen molar-refractivity contribution in [2.45, 2.75) is 122 Å². The minimum atomic E-state index is -0.904. The number of likely N-dealkylation sites (N-methyl/N-ethyl adjacent to an activating group) is 1. The second-order valence-corrected chi connectivity index (χ2v) is 12.2. The molecule has 0 bridgehead atoms. The van der Waals surface area contributed by atoms with E-state index < -0.39 is 5.60 Å². The lowest BCUT2D eigenvalue weighted by Gasteiger charge is -2.36. The summed E-state index contributed by atoms with van der Waals surface area (Å²) in [5, 5.41) is 11.2. The fourth-order valence-electron chi connectivity index (χ4n) is 5.85. The van der Waals surface area contributed by atoms with Gasteiger partial charge in [0.1, 0.15) is 6.10 Å². The topological polar surface area (TPSA) is 77.5 Å². The molecule has 0 spiro atoms. The molecule has 1 N–H and O–H groups in total. The molecule has 1 fully saturated rings. The number of benzene rings is 2. The number of esters is 1. The van der Waals surface area contributed by atoms with Gasteiger partial charge >= 0.3 is 5.97 Å². The number of unbranched alkanes of at least 4 members (excludes halogenated alkanes) is 4. The summed E-state index contributed by atoms with van der Waals surface area (Å²) in [4.78, 5) is 14.1. The van der Waals surface area contributed by atoms with Crippen LogP contribution >= 0.6 is 0 Å². The van der Waals surface area contributed by atoms with Gasteiger partial charge in [0, 0.05) is 12.8 Å². The van der Waals surface area contributed by atoms with Crippen LogP contribution in [0.3, 0.4) is 0 Å². The van der Waals surface area contributed by atoms with Gasteiger partial charge in [-0.25, -0.2) is 0 Å². The Balaban J connectivity index is 1.73. The Morgan fingerprint density at radius 3 is 2.09 bits per heavy atom. The van der Waals surface area contributed by atoms with E-state index in [0.29, 0.717) is 39.1 Å². The van der Waals surface area contributed by atoms with Crippen LogP contribution < -0.4 is 0 Å². The third-order valence-corrected chi connectivity index (χ3v) is 8.27. The zero-order chi connectivity index (χ0) is 30.9. The van der Waals surface area contributed by atoms with E-state index in [1.165, 1.54) is 0 Å². The molecular formula is C36H55NO6. The van der Waals surface area contributed by atoms with E-state index in [-0.39, 0.29) is 36.9 Å². The smallest absolute Gasteiger partial charge is 0.305 e. The lowest BCUT2D eigenvalue weighted by atomic mass is 9.99. The van der Waals surface area contributed by atoms with E-state index in [9.17, 15) is 9.90 Å². The molecule has 240 valence electrons. The normalized spacial score (nSPS) is 21.6. The number of aliphatic hydroxyl groups is 1. The molecule has 7 nitrogen and oxygen atoms in total. The highest BCUT2D eigenvalue weighted by Crippen LogP contribution is 2.34. The number of carbonyl (C=O) groups excluding carboxylic acids is 1. The SMILES string of the molecule is CCCCCC(C)(O)CO[C@H]1[C@H](N(C)CCCCCC(=O)OCC)[C@@H](OCc2ccccc2)C[C@H]1OCc1ccccc1. The van der Waals surface area contributed by atoms with Crippen LogP contribution in [0.5, 0.6) is 0 Å². The van der Waals surface area contributed by atoms with E-state index in [0.717, 1.165) is 56.2 Å². The Morgan fingerprint density at radius 2 is 1.49 bits per heavy atom. The average Bonchev–Trinajstić information content (AvgIpc) is 3.36. The third kappa shape index (κ3) is 12.7. The van der Waals surface area contributed by atoms with Crippen LogP contribution in [0.25, 0.3) is 0 Å². The molecule has 7 heteroatoms. The van der Waals surface area contributed by atoms with Gasteiger partial charge in [0.05, 0.1) is 50.3 Å². The van der Waals surface area contributed by atoms with Crippen molar-refractivity contribution in [1.29, 1.82) is 0 Å².